The highest BCUT2D eigenvalue weighted by atomic mass is 32.1. The van der Waals surface area contributed by atoms with Crippen LogP contribution >= 0.6 is 11.3 Å². The standard InChI is InChI=1S/C15H24N4S/c1-4-16-9-13-14(17-15-19(13)7-8-20-15)18-6-5-12(10-18)11(2)3/h7-8,11-12,16H,4-6,9-10H2,1-3H3. The molecule has 3 heterocycles. The molecule has 0 bridgehead atoms. The van der Waals surface area contributed by atoms with Gasteiger partial charge in [-0.1, -0.05) is 20.8 Å². The van der Waals surface area contributed by atoms with Gasteiger partial charge in [-0.05, 0) is 24.8 Å². The zero-order chi connectivity index (χ0) is 14.1. The van der Waals surface area contributed by atoms with Gasteiger partial charge in [0.2, 0.25) is 0 Å². The van der Waals surface area contributed by atoms with Gasteiger partial charge in [0.05, 0.1) is 5.69 Å². The summed E-state index contributed by atoms with van der Waals surface area (Å²) in [6.45, 7) is 11.0. The average Bonchev–Trinajstić information content (AvgIpc) is 3.11. The minimum Gasteiger partial charge on any atom is -0.355 e. The van der Waals surface area contributed by atoms with Crippen molar-refractivity contribution in [3.8, 4) is 0 Å². The molecule has 110 valence electrons. The summed E-state index contributed by atoms with van der Waals surface area (Å²) < 4.78 is 2.24. The summed E-state index contributed by atoms with van der Waals surface area (Å²) in [5.41, 5.74) is 1.31. The molecule has 1 saturated heterocycles. The highest BCUT2D eigenvalue weighted by Crippen LogP contribution is 2.31. The molecule has 0 aromatic carbocycles. The van der Waals surface area contributed by atoms with E-state index in [0.29, 0.717) is 0 Å². The number of imidazole rings is 1. The zero-order valence-corrected chi connectivity index (χ0v) is 13.4. The third-order valence-corrected chi connectivity index (χ3v) is 5.11. The number of rotatable bonds is 5. The third-order valence-electron chi connectivity index (χ3n) is 4.35. The van der Waals surface area contributed by atoms with Crippen LogP contribution in [0.15, 0.2) is 11.6 Å². The van der Waals surface area contributed by atoms with Crippen molar-refractivity contribution in [2.45, 2.75) is 33.7 Å². The fourth-order valence-corrected chi connectivity index (χ4v) is 3.73. The Labute approximate surface area is 124 Å². The molecule has 0 spiro atoms. The van der Waals surface area contributed by atoms with Crippen molar-refractivity contribution in [2.24, 2.45) is 11.8 Å². The van der Waals surface area contributed by atoms with Crippen LogP contribution in [-0.2, 0) is 6.54 Å². The summed E-state index contributed by atoms with van der Waals surface area (Å²) in [6.07, 6.45) is 3.43. The number of nitrogens with one attached hydrogen (secondary N) is 1. The van der Waals surface area contributed by atoms with Gasteiger partial charge in [-0.15, -0.1) is 11.3 Å². The molecule has 1 aliphatic rings. The predicted molar refractivity (Wildman–Crippen MR) is 85.6 cm³/mol. The van der Waals surface area contributed by atoms with Gasteiger partial charge in [0.1, 0.15) is 0 Å². The Morgan fingerprint density at radius 1 is 1.50 bits per heavy atom. The van der Waals surface area contributed by atoms with Crippen LogP contribution in [0.4, 0.5) is 5.82 Å². The van der Waals surface area contributed by atoms with E-state index in [2.05, 4.69) is 47.0 Å². The zero-order valence-electron chi connectivity index (χ0n) is 12.6. The molecule has 0 radical (unpaired) electrons. The number of thiazole rings is 1. The highest BCUT2D eigenvalue weighted by molar-refractivity contribution is 7.15. The van der Waals surface area contributed by atoms with E-state index in [1.807, 2.05) is 0 Å². The van der Waals surface area contributed by atoms with E-state index >= 15 is 0 Å². The molecule has 4 nitrogen and oxygen atoms in total. The molecule has 1 unspecified atom stereocenters. The van der Waals surface area contributed by atoms with Crippen LogP contribution in [-0.4, -0.2) is 29.0 Å². The van der Waals surface area contributed by atoms with Crippen molar-refractivity contribution >= 4 is 22.1 Å². The monoisotopic (exact) mass is 292 g/mol. The normalized spacial score (nSPS) is 19.6. The lowest BCUT2D eigenvalue weighted by atomic mass is 9.95. The summed E-state index contributed by atoms with van der Waals surface area (Å²) in [6, 6.07) is 0. The first-order valence-corrected chi connectivity index (χ1v) is 8.48. The summed E-state index contributed by atoms with van der Waals surface area (Å²) in [4.78, 5) is 8.46. The van der Waals surface area contributed by atoms with E-state index in [0.717, 1.165) is 43.0 Å². The first kappa shape index (κ1) is 13.9. The molecule has 1 atom stereocenters. The maximum atomic E-state index is 4.87. The molecule has 0 aliphatic carbocycles. The molecule has 0 amide bonds. The Balaban J connectivity index is 1.88. The topological polar surface area (TPSA) is 32.6 Å². The molecule has 20 heavy (non-hydrogen) atoms. The van der Waals surface area contributed by atoms with Gasteiger partial charge in [-0.2, -0.15) is 0 Å². The lowest BCUT2D eigenvalue weighted by Crippen LogP contribution is -2.24. The smallest absolute Gasteiger partial charge is 0.195 e. The minimum atomic E-state index is 0.765. The molecule has 0 saturated carbocycles. The van der Waals surface area contributed by atoms with E-state index in [9.17, 15) is 0 Å². The first-order chi connectivity index (χ1) is 9.70. The minimum absolute atomic E-state index is 0.765. The van der Waals surface area contributed by atoms with Crippen molar-refractivity contribution in [1.29, 1.82) is 0 Å². The van der Waals surface area contributed by atoms with Gasteiger partial charge < -0.3 is 10.2 Å². The maximum absolute atomic E-state index is 4.87. The average molecular weight is 292 g/mol. The molecule has 1 fully saturated rings. The van der Waals surface area contributed by atoms with Crippen molar-refractivity contribution in [1.82, 2.24) is 14.7 Å². The predicted octanol–water partition coefficient (Wildman–Crippen LogP) is 2.99. The van der Waals surface area contributed by atoms with Gasteiger partial charge in [-0.25, -0.2) is 4.98 Å². The molecular weight excluding hydrogens is 268 g/mol. The van der Waals surface area contributed by atoms with Gasteiger partial charge in [0.15, 0.2) is 10.8 Å². The van der Waals surface area contributed by atoms with E-state index in [4.69, 9.17) is 4.98 Å². The number of fused-ring (bicyclic) bond motifs is 1. The second-order valence-corrected chi connectivity index (χ2v) is 6.83. The van der Waals surface area contributed by atoms with Crippen LogP contribution in [0.2, 0.25) is 0 Å². The number of nitrogens with zero attached hydrogens (tertiary/aromatic N) is 3. The van der Waals surface area contributed by atoms with Gasteiger partial charge in [0.25, 0.3) is 0 Å². The Morgan fingerprint density at radius 3 is 3.05 bits per heavy atom. The van der Waals surface area contributed by atoms with Crippen LogP contribution in [0, 0.1) is 11.8 Å². The van der Waals surface area contributed by atoms with Gasteiger partial charge in [-0.3, -0.25) is 4.40 Å². The first-order valence-electron chi connectivity index (χ1n) is 7.60. The number of anilines is 1. The quantitative estimate of drug-likeness (QED) is 0.919. The summed E-state index contributed by atoms with van der Waals surface area (Å²) in [5.74, 6) is 2.77. The van der Waals surface area contributed by atoms with Crippen molar-refractivity contribution in [3.63, 3.8) is 0 Å². The molecule has 1 N–H and O–H groups in total. The summed E-state index contributed by atoms with van der Waals surface area (Å²) >= 11 is 1.72. The molecular formula is C15H24N4S. The molecule has 3 rings (SSSR count). The van der Waals surface area contributed by atoms with E-state index in [1.54, 1.807) is 11.3 Å². The van der Waals surface area contributed by atoms with Crippen LogP contribution in [0.25, 0.3) is 4.96 Å². The second-order valence-electron chi connectivity index (χ2n) is 5.96. The molecule has 1 aliphatic heterocycles. The van der Waals surface area contributed by atoms with E-state index < -0.39 is 0 Å². The highest BCUT2D eigenvalue weighted by Gasteiger charge is 2.28. The molecule has 5 heteroatoms. The van der Waals surface area contributed by atoms with Crippen LogP contribution < -0.4 is 10.2 Å². The third kappa shape index (κ3) is 2.44. The second kappa shape index (κ2) is 5.74. The SMILES string of the molecule is CCNCc1c(N2CCC(C(C)C)C2)nc2sccn12. The van der Waals surface area contributed by atoms with Crippen molar-refractivity contribution in [2.75, 3.05) is 24.5 Å². The summed E-state index contributed by atoms with van der Waals surface area (Å²) in [5, 5.41) is 5.56. The van der Waals surface area contributed by atoms with E-state index in [-0.39, 0.29) is 0 Å². The Hall–Kier alpha value is -1.07. The maximum Gasteiger partial charge on any atom is 0.195 e. The van der Waals surface area contributed by atoms with Crippen LogP contribution in [0.5, 0.6) is 0 Å². The largest absolute Gasteiger partial charge is 0.355 e. The fraction of sp³-hybridized carbons (Fsp3) is 0.667. The Morgan fingerprint density at radius 2 is 2.35 bits per heavy atom. The fourth-order valence-electron chi connectivity index (χ4n) is 3.01. The Bertz CT molecular complexity index is 571. The van der Waals surface area contributed by atoms with Gasteiger partial charge in [0, 0.05) is 31.2 Å². The summed E-state index contributed by atoms with van der Waals surface area (Å²) in [7, 11) is 0. The molecule has 2 aromatic heterocycles. The van der Waals surface area contributed by atoms with Crippen LogP contribution in [0.1, 0.15) is 32.9 Å². The number of hydrogen-bond donors (Lipinski definition) is 1. The lowest BCUT2D eigenvalue weighted by Gasteiger charge is -2.19. The van der Waals surface area contributed by atoms with E-state index in [1.165, 1.54) is 17.9 Å². The van der Waals surface area contributed by atoms with Crippen molar-refractivity contribution < 1.29 is 0 Å². The molecule has 2 aromatic rings. The van der Waals surface area contributed by atoms with Crippen molar-refractivity contribution in [3.05, 3.63) is 17.3 Å². The lowest BCUT2D eigenvalue weighted by molar-refractivity contribution is 0.422. The number of hydrogen-bond acceptors (Lipinski definition) is 4. The van der Waals surface area contributed by atoms with Gasteiger partial charge >= 0.3 is 0 Å². The number of aromatic nitrogens is 2. The van der Waals surface area contributed by atoms with Crippen LogP contribution in [0.3, 0.4) is 0 Å². The Kier molecular flexibility index (Phi) is 3.98.